The minimum absolute atomic E-state index is 0.183. The third-order valence-corrected chi connectivity index (χ3v) is 3.32. The first-order chi connectivity index (χ1) is 10.1. The number of nitrogens with one attached hydrogen (secondary N) is 1. The first-order valence-corrected chi connectivity index (χ1v) is 6.53. The van der Waals surface area contributed by atoms with Gasteiger partial charge in [0, 0.05) is 16.8 Å². The Morgan fingerprint density at radius 1 is 1.00 bits per heavy atom. The molecule has 0 aliphatic rings. The monoisotopic (exact) mass is 278 g/mol. The van der Waals surface area contributed by atoms with Crippen molar-refractivity contribution < 1.29 is 9.90 Å². The molecule has 3 aromatic carbocycles. The average Bonchev–Trinajstić information content (AvgIpc) is 2.48. The predicted octanol–water partition coefficient (Wildman–Crippen LogP) is 3.38. The van der Waals surface area contributed by atoms with Crippen molar-refractivity contribution in [3.8, 4) is 5.75 Å². The van der Waals surface area contributed by atoms with Crippen LogP contribution in [0.1, 0.15) is 10.4 Å². The molecule has 0 aliphatic heterocycles. The molecule has 0 aliphatic carbocycles. The van der Waals surface area contributed by atoms with E-state index in [0.29, 0.717) is 22.3 Å². The molecule has 21 heavy (non-hydrogen) atoms. The van der Waals surface area contributed by atoms with Crippen LogP contribution in [-0.2, 0) is 0 Å². The van der Waals surface area contributed by atoms with Crippen LogP contribution in [0.4, 0.5) is 11.4 Å². The molecule has 0 saturated heterocycles. The average molecular weight is 278 g/mol. The minimum Gasteiger partial charge on any atom is -0.507 e. The van der Waals surface area contributed by atoms with Crippen molar-refractivity contribution in [1.29, 1.82) is 0 Å². The standard InChI is InChI=1S/C17H14N2O2/c18-15-6-2-1-5-13(15)17(21)19-12-9-8-11-4-3-7-16(20)14(11)10-12/h1-10,20H,18H2,(H,19,21). The number of anilines is 2. The number of carbonyl (C=O) groups is 1. The lowest BCUT2D eigenvalue weighted by atomic mass is 10.1. The Morgan fingerprint density at radius 2 is 1.81 bits per heavy atom. The lowest BCUT2D eigenvalue weighted by Gasteiger charge is -2.09. The number of fused-ring (bicyclic) bond motifs is 1. The van der Waals surface area contributed by atoms with Crippen LogP contribution in [0.5, 0.6) is 5.75 Å². The first kappa shape index (κ1) is 13.0. The van der Waals surface area contributed by atoms with E-state index < -0.39 is 0 Å². The maximum absolute atomic E-state index is 12.2. The topological polar surface area (TPSA) is 75.4 Å². The van der Waals surface area contributed by atoms with Crippen LogP contribution in [-0.4, -0.2) is 11.0 Å². The number of phenols is 1. The summed E-state index contributed by atoms with van der Waals surface area (Å²) in [5.74, 6) is -0.0919. The van der Waals surface area contributed by atoms with Gasteiger partial charge in [0.1, 0.15) is 5.75 Å². The zero-order valence-corrected chi connectivity index (χ0v) is 11.2. The van der Waals surface area contributed by atoms with E-state index in [9.17, 15) is 9.90 Å². The number of phenolic OH excluding ortho intramolecular Hbond substituents is 1. The Hall–Kier alpha value is -3.01. The molecule has 3 aromatic rings. The van der Waals surface area contributed by atoms with Gasteiger partial charge in [-0.1, -0.05) is 30.3 Å². The zero-order valence-electron chi connectivity index (χ0n) is 11.2. The molecule has 104 valence electrons. The summed E-state index contributed by atoms with van der Waals surface area (Å²) < 4.78 is 0. The maximum Gasteiger partial charge on any atom is 0.257 e. The van der Waals surface area contributed by atoms with Gasteiger partial charge in [0.25, 0.3) is 5.91 Å². The summed E-state index contributed by atoms with van der Waals surface area (Å²) in [6.07, 6.45) is 0. The molecule has 0 unspecified atom stereocenters. The summed E-state index contributed by atoms with van der Waals surface area (Å²) in [6.45, 7) is 0. The van der Waals surface area contributed by atoms with Gasteiger partial charge in [-0.3, -0.25) is 4.79 Å². The van der Waals surface area contributed by atoms with E-state index in [1.54, 1.807) is 48.5 Å². The number of hydrogen-bond acceptors (Lipinski definition) is 3. The summed E-state index contributed by atoms with van der Waals surface area (Å²) in [7, 11) is 0. The van der Waals surface area contributed by atoms with Crippen molar-refractivity contribution in [3.05, 3.63) is 66.2 Å². The fourth-order valence-corrected chi connectivity index (χ4v) is 2.24. The van der Waals surface area contributed by atoms with Gasteiger partial charge in [-0.25, -0.2) is 0 Å². The highest BCUT2D eigenvalue weighted by molar-refractivity contribution is 6.08. The van der Waals surface area contributed by atoms with Crippen LogP contribution in [0.3, 0.4) is 0 Å². The zero-order chi connectivity index (χ0) is 14.8. The molecule has 3 rings (SSSR count). The molecular weight excluding hydrogens is 264 g/mol. The Kier molecular flexibility index (Phi) is 3.20. The van der Waals surface area contributed by atoms with Gasteiger partial charge >= 0.3 is 0 Å². The molecule has 0 heterocycles. The fourth-order valence-electron chi connectivity index (χ4n) is 2.24. The normalized spacial score (nSPS) is 10.5. The molecule has 4 heteroatoms. The highest BCUT2D eigenvalue weighted by atomic mass is 16.3. The number of hydrogen-bond donors (Lipinski definition) is 3. The van der Waals surface area contributed by atoms with Crippen LogP contribution in [0.2, 0.25) is 0 Å². The van der Waals surface area contributed by atoms with E-state index >= 15 is 0 Å². The van der Waals surface area contributed by atoms with Gasteiger partial charge in [0.15, 0.2) is 0 Å². The smallest absolute Gasteiger partial charge is 0.257 e. The van der Waals surface area contributed by atoms with Gasteiger partial charge in [0.2, 0.25) is 0 Å². The number of nitrogens with two attached hydrogens (primary N) is 1. The Morgan fingerprint density at radius 3 is 2.62 bits per heavy atom. The Labute approximate surface area is 121 Å². The van der Waals surface area contributed by atoms with Crippen molar-refractivity contribution in [3.63, 3.8) is 0 Å². The number of aromatic hydroxyl groups is 1. The molecule has 0 fully saturated rings. The van der Waals surface area contributed by atoms with Crippen LogP contribution in [0, 0.1) is 0 Å². The Bertz CT molecular complexity index is 828. The quantitative estimate of drug-likeness (QED) is 0.629. The summed E-state index contributed by atoms with van der Waals surface area (Å²) in [4.78, 5) is 12.2. The molecule has 0 radical (unpaired) electrons. The van der Waals surface area contributed by atoms with Gasteiger partial charge < -0.3 is 16.2 Å². The highest BCUT2D eigenvalue weighted by Gasteiger charge is 2.09. The van der Waals surface area contributed by atoms with E-state index in [4.69, 9.17) is 5.73 Å². The summed E-state index contributed by atoms with van der Waals surface area (Å²) in [6, 6.07) is 17.6. The van der Waals surface area contributed by atoms with Crippen molar-refractivity contribution in [2.75, 3.05) is 11.1 Å². The molecule has 0 atom stereocenters. The predicted molar refractivity (Wildman–Crippen MR) is 84.4 cm³/mol. The van der Waals surface area contributed by atoms with Crippen molar-refractivity contribution in [2.45, 2.75) is 0 Å². The lowest BCUT2D eigenvalue weighted by molar-refractivity contribution is 0.102. The lowest BCUT2D eigenvalue weighted by Crippen LogP contribution is -2.13. The van der Waals surface area contributed by atoms with Crippen LogP contribution >= 0.6 is 0 Å². The summed E-state index contributed by atoms with van der Waals surface area (Å²) >= 11 is 0. The third kappa shape index (κ3) is 2.51. The van der Waals surface area contributed by atoms with Crippen molar-refractivity contribution in [2.24, 2.45) is 0 Å². The Balaban J connectivity index is 1.93. The van der Waals surface area contributed by atoms with E-state index in [-0.39, 0.29) is 11.7 Å². The van der Waals surface area contributed by atoms with E-state index in [1.165, 1.54) is 0 Å². The first-order valence-electron chi connectivity index (χ1n) is 6.53. The molecule has 1 amide bonds. The number of amides is 1. The van der Waals surface area contributed by atoms with Gasteiger partial charge in [0.05, 0.1) is 5.56 Å². The molecule has 0 bridgehead atoms. The molecule has 4 N–H and O–H groups in total. The van der Waals surface area contributed by atoms with Crippen molar-refractivity contribution in [1.82, 2.24) is 0 Å². The number of para-hydroxylation sites is 1. The number of nitrogen functional groups attached to an aromatic ring is 1. The minimum atomic E-state index is -0.275. The van der Waals surface area contributed by atoms with Crippen molar-refractivity contribution >= 4 is 28.1 Å². The highest BCUT2D eigenvalue weighted by Crippen LogP contribution is 2.27. The van der Waals surface area contributed by atoms with Gasteiger partial charge in [-0.2, -0.15) is 0 Å². The molecule has 0 aromatic heterocycles. The SMILES string of the molecule is Nc1ccccc1C(=O)Nc1ccc2cccc(O)c2c1. The van der Waals surface area contributed by atoms with Crippen LogP contribution in [0.15, 0.2) is 60.7 Å². The second-order valence-electron chi connectivity index (χ2n) is 4.75. The van der Waals surface area contributed by atoms with E-state index in [2.05, 4.69) is 5.32 Å². The van der Waals surface area contributed by atoms with E-state index in [1.807, 2.05) is 12.1 Å². The van der Waals surface area contributed by atoms with Gasteiger partial charge in [-0.15, -0.1) is 0 Å². The summed E-state index contributed by atoms with van der Waals surface area (Å²) in [5.41, 5.74) is 7.25. The van der Waals surface area contributed by atoms with Crippen LogP contribution < -0.4 is 11.1 Å². The molecular formula is C17H14N2O2. The van der Waals surface area contributed by atoms with E-state index in [0.717, 1.165) is 5.39 Å². The number of carbonyl (C=O) groups excluding carboxylic acids is 1. The second-order valence-corrected chi connectivity index (χ2v) is 4.75. The number of rotatable bonds is 2. The third-order valence-electron chi connectivity index (χ3n) is 3.32. The molecule has 0 spiro atoms. The number of benzene rings is 3. The van der Waals surface area contributed by atoms with Crippen LogP contribution in [0.25, 0.3) is 10.8 Å². The fraction of sp³-hybridized carbons (Fsp3) is 0. The largest absolute Gasteiger partial charge is 0.507 e. The summed E-state index contributed by atoms with van der Waals surface area (Å²) in [5, 5.41) is 14.2. The second kappa shape index (κ2) is 5.17. The van der Waals surface area contributed by atoms with Gasteiger partial charge in [-0.05, 0) is 35.7 Å². The maximum atomic E-state index is 12.2. The molecule has 0 saturated carbocycles. The molecule has 4 nitrogen and oxygen atoms in total.